The second-order valence-electron chi connectivity index (χ2n) is 4.50. The zero-order valence-corrected chi connectivity index (χ0v) is 11.4. The van der Waals surface area contributed by atoms with Gasteiger partial charge in [0.2, 0.25) is 0 Å². The van der Waals surface area contributed by atoms with Gasteiger partial charge in [0.1, 0.15) is 0 Å². The molecule has 0 atom stereocenters. The summed E-state index contributed by atoms with van der Waals surface area (Å²) in [6.07, 6.45) is 8.10. The quantitative estimate of drug-likeness (QED) is 0.780. The van der Waals surface area contributed by atoms with Gasteiger partial charge < -0.3 is 0 Å². The summed E-state index contributed by atoms with van der Waals surface area (Å²) in [7, 11) is 0. The highest BCUT2D eigenvalue weighted by molar-refractivity contribution is 5.48. The predicted molar refractivity (Wildman–Crippen MR) is 80.7 cm³/mol. The summed E-state index contributed by atoms with van der Waals surface area (Å²) in [5, 5.41) is 0. The Labute approximate surface area is 115 Å². The Morgan fingerprint density at radius 2 is 1.79 bits per heavy atom. The third kappa shape index (κ3) is 4.68. The van der Waals surface area contributed by atoms with Gasteiger partial charge in [-0.2, -0.15) is 0 Å². The van der Waals surface area contributed by atoms with E-state index >= 15 is 0 Å². The molecule has 2 heteroatoms. The van der Waals surface area contributed by atoms with Crippen LogP contribution in [0.15, 0.2) is 60.9 Å². The van der Waals surface area contributed by atoms with Crippen molar-refractivity contribution in [1.82, 2.24) is 9.88 Å². The van der Waals surface area contributed by atoms with Crippen LogP contribution >= 0.6 is 0 Å². The Morgan fingerprint density at radius 1 is 1.05 bits per heavy atom. The van der Waals surface area contributed by atoms with Gasteiger partial charge in [-0.05, 0) is 29.8 Å². The first-order chi connectivity index (χ1) is 9.38. The summed E-state index contributed by atoms with van der Waals surface area (Å²) in [5.74, 6) is 0. The molecule has 1 aromatic heterocycles. The molecule has 0 spiro atoms. The van der Waals surface area contributed by atoms with Crippen LogP contribution in [0.3, 0.4) is 0 Å². The molecule has 0 saturated carbocycles. The number of likely N-dealkylation sites (N-methyl/N-ethyl adjacent to an activating group) is 1. The predicted octanol–water partition coefficient (Wildman–Crippen LogP) is 3.62. The Morgan fingerprint density at radius 3 is 2.47 bits per heavy atom. The van der Waals surface area contributed by atoms with E-state index in [1.54, 1.807) is 0 Å². The lowest BCUT2D eigenvalue weighted by Gasteiger charge is -2.18. The van der Waals surface area contributed by atoms with Crippen LogP contribution in [-0.4, -0.2) is 23.0 Å². The van der Waals surface area contributed by atoms with Crippen molar-refractivity contribution in [3.8, 4) is 0 Å². The van der Waals surface area contributed by atoms with E-state index in [0.717, 1.165) is 19.6 Å². The molecule has 0 unspecified atom stereocenters. The second-order valence-corrected chi connectivity index (χ2v) is 4.50. The van der Waals surface area contributed by atoms with Crippen molar-refractivity contribution in [3.05, 3.63) is 72.1 Å². The van der Waals surface area contributed by atoms with E-state index in [-0.39, 0.29) is 0 Å². The zero-order chi connectivity index (χ0) is 13.3. The average Bonchev–Trinajstić information content (AvgIpc) is 2.48. The van der Waals surface area contributed by atoms with E-state index in [2.05, 4.69) is 65.4 Å². The van der Waals surface area contributed by atoms with Gasteiger partial charge in [0, 0.05) is 25.5 Å². The van der Waals surface area contributed by atoms with E-state index in [4.69, 9.17) is 0 Å². The molecular weight excluding hydrogens is 232 g/mol. The fourth-order valence-corrected chi connectivity index (χ4v) is 1.95. The number of pyridine rings is 1. The highest BCUT2D eigenvalue weighted by Crippen LogP contribution is 2.05. The van der Waals surface area contributed by atoms with Crippen LogP contribution in [0.4, 0.5) is 0 Å². The standard InChI is InChI=1S/C17H20N2/c1-2-19(15-17-10-12-18-13-11-17)14-6-9-16-7-4-3-5-8-16/h3-13H,2,14-15H2,1H3/b9-6+. The number of aromatic nitrogens is 1. The largest absolute Gasteiger partial charge is 0.296 e. The van der Waals surface area contributed by atoms with E-state index < -0.39 is 0 Å². The van der Waals surface area contributed by atoms with Crippen LogP contribution in [0.2, 0.25) is 0 Å². The molecule has 0 aliphatic rings. The minimum Gasteiger partial charge on any atom is -0.296 e. The van der Waals surface area contributed by atoms with Crippen LogP contribution in [0.1, 0.15) is 18.1 Å². The van der Waals surface area contributed by atoms with Crippen LogP contribution < -0.4 is 0 Å². The van der Waals surface area contributed by atoms with E-state index in [9.17, 15) is 0 Å². The molecular formula is C17H20N2. The highest BCUT2D eigenvalue weighted by atomic mass is 15.1. The zero-order valence-electron chi connectivity index (χ0n) is 11.4. The van der Waals surface area contributed by atoms with E-state index in [0.29, 0.717) is 0 Å². The van der Waals surface area contributed by atoms with Gasteiger partial charge >= 0.3 is 0 Å². The second kappa shape index (κ2) is 7.49. The summed E-state index contributed by atoms with van der Waals surface area (Å²) < 4.78 is 0. The summed E-state index contributed by atoms with van der Waals surface area (Å²) >= 11 is 0. The number of hydrogen-bond donors (Lipinski definition) is 0. The minimum absolute atomic E-state index is 0.966. The fourth-order valence-electron chi connectivity index (χ4n) is 1.95. The Kier molecular flexibility index (Phi) is 5.32. The van der Waals surface area contributed by atoms with Gasteiger partial charge in [0.15, 0.2) is 0 Å². The molecule has 0 N–H and O–H groups in total. The maximum Gasteiger partial charge on any atom is 0.0271 e. The van der Waals surface area contributed by atoms with E-state index in [1.165, 1.54) is 11.1 Å². The summed E-state index contributed by atoms with van der Waals surface area (Å²) in [6, 6.07) is 14.6. The smallest absolute Gasteiger partial charge is 0.0271 e. The fraction of sp³-hybridized carbons (Fsp3) is 0.235. The SMILES string of the molecule is CCN(C/C=C/c1ccccc1)Cc1ccncc1. The van der Waals surface area contributed by atoms with Gasteiger partial charge in [-0.15, -0.1) is 0 Å². The molecule has 2 aromatic rings. The molecule has 1 heterocycles. The average molecular weight is 252 g/mol. The molecule has 2 nitrogen and oxygen atoms in total. The van der Waals surface area contributed by atoms with Gasteiger partial charge in [0.05, 0.1) is 0 Å². The normalized spacial score (nSPS) is 11.3. The first-order valence-corrected chi connectivity index (χ1v) is 6.71. The Bertz CT molecular complexity index is 491. The van der Waals surface area contributed by atoms with Crippen molar-refractivity contribution in [2.75, 3.05) is 13.1 Å². The number of hydrogen-bond acceptors (Lipinski definition) is 2. The molecule has 1 aromatic carbocycles. The maximum atomic E-state index is 4.05. The van der Waals surface area contributed by atoms with Crippen molar-refractivity contribution in [3.63, 3.8) is 0 Å². The van der Waals surface area contributed by atoms with Crippen molar-refractivity contribution in [1.29, 1.82) is 0 Å². The molecule has 2 rings (SSSR count). The first kappa shape index (κ1) is 13.5. The molecule has 0 radical (unpaired) electrons. The number of benzene rings is 1. The molecule has 0 amide bonds. The molecule has 19 heavy (non-hydrogen) atoms. The maximum absolute atomic E-state index is 4.05. The molecule has 0 saturated heterocycles. The highest BCUT2D eigenvalue weighted by Gasteiger charge is 2.00. The van der Waals surface area contributed by atoms with Crippen LogP contribution in [-0.2, 0) is 6.54 Å². The lowest BCUT2D eigenvalue weighted by Crippen LogP contribution is -2.22. The van der Waals surface area contributed by atoms with Crippen molar-refractivity contribution >= 4 is 6.08 Å². The Balaban J connectivity index is 1.88. The van der Waals surface area contributed by atoms with Crippen LogP contribution in [0.25, 0.3) is 6.08 Å². The van der Waals surface area contributed by atoms with Crippen LogP contribution in [0.5, 0.6) is 0 Å². The minimum atomic E-state index is 0.966. The number of nitrogens with zero attached hydrogens (tertiary/aromatic N) is 2. The number of rotatable bonds is 6. The summed E-state index contributed by atoms with van der Waals surface area (Å²) in [5.41, 5.74) is 2.56. The molecule has 0 aliphatic heterocycles. The van der Waals surface area contributed by atoms with E-state index in [1.807, 2.05) is 18.5 Å². The van der Waals surface area contributed by atoms with Crippen LogP contribution in [0, 0.1) is 0 Å². The van der Waals surface area contributed by atoms with Gasteiger partial charge in [-0.3, -0.25) is 9.88 Å². The molecule has 0 aliphatic carbocycles. The molecule has 98 valence electrons. The van der Waals surface area contributed by atoms with Crippen molar-refractivity contribution < 1.29 is 0 Å². The Hall–Kier alpha value is -1.93. The topological polar surface area (TPSA) is 16.1 Å². The molecule has 0 bridgehead atoms. The van der Waals surface area contributed by atoms with Gasteiger partial charge in [0.25, 0.3) is 0 Å². The monoisotopic (exact) mass is 252 g/mol. The van der Waals surface area contributed by atoms with Gasteiger partial charge in [-0.1, -0.05) is 49.4 Å². The summed E-state index contributed by atoms with van der Waals surface area (Å²) in [6.45, 7) is 5.17. The van der Waals surface area contributed by atoms with Crippen molar-refractivity contribution in [2.24, 2.45) is 0 Å². The first-order valence-electron chi connectivity index (χ1n) is 6.71. The van der Waals surface area contributed by atoms with Crippen molar-refractivity contribution in [2.45, 2.75) is 13.5 Å². The summed E-state index contributed by atoms with van der Waals surface area (Å²) in [4.78, 5) is 6.45. The van der Waals surface area contributed by atoms with Gasteiger partial charge in [-0.25, -0.2) is 0 Å². The third-order valence-corrected chi connectivity index (χ3v) is 3.08. The third-order valence-electron chi connectivity index (χ3n) is 3.08. The lowest BCUT2D eigenvalue weighted by atomic mass is 10.2. The lowest BCUT2D eigenvalue weighted by molar-refractivity contribution is 0.311. The molecule has 0 fully saturated rings.